The number of halogens is 1. The summed E-state index contributed by atoms with van der Waals surface area (Å²) in [6.07, 6.45) is 0.315. The molecule has 8 heteroatoms. The minimum Gasteiger partial charge on any atom is -0.490 e. The molecule has 0 saturated carbocycles. The fourth-order valence-corrected chi connectivity index (χ4v) is 3.65. The summed E-state index contributed by atoms with van der Waals surface area (Å²) in [6.45, 7) is 7.64. The molecule has 0 aromatic heterocycles. The van der Waals surface area contributed by atoms with Crippen LogP contribution in [0.5, 0.6) is 17.2 Å². The van der Waals surface area contributed by atoms with Crippen LogP contribution in [0.3, 0.4) is 0 Å². The second kappa shape index (κ2) is 10.8. The van der Waals surface area contributed by atoms with E-state index in [0.717, 1.165) is 0 Å². The minimum absolute atomic E-state index is 0.0445. The molecule has 1 N–H and O–H groups in total. The number of carbonyl (C=O) groups excluding carboxylic acids is 2. The fraction of sp³-hybridized carbons (Fsp3) is 0.417. The highest BCUT2D eigenvalue weighted by atomic mass is 19.1. The van der Waals surface area contributed by atoms with Crippen molar-refractivity contribution in [1.29, 1.82) is 0 Å². The number of hydrogen-bond donors (Lipinski definition) is 1. The molecule has 1 atom stereocenters. The van der Waals surface area contributed by atoms with Crippen molar-refractivity contribution in [2.24, 2.45) is 5.92 Å². The van der Waals surface area contributed by atoms with Crippen LogP contribution in [-0.2, 0) is 4.79 Å². The van der Waals surface area contributed by atoms with E-state index in [9.17, 15) is 14.0 Å². The summed E-state index contributed by atoms with van der Waals surface area (Å²) in [7, 11) is 0. The average Bonchev–Trinajstić information content (AvgIpc) is 3.15. The maximum absolute atomic E-state index is 13.2. The van der Waals surface area contributed by atoms with E-state index in [1.54, 1.807) is 29.2 Å². The Hall–Kier alpha value is -3.29. The van der Waals surface area contributed by atoms with Crippen molar-refractivity contribution < 1.29 is 28.2 Å². The highest BCUT2D eigenvalue weighted by Crippen LogP contribution is 2.39. The number of carbonyl (C=O) groups is 2. The van der Waals surface area contributed by atoms with Crippen LogP contribution in [0.25, 0.3) is 0 Å². The number of rotatable bonds is 10. The molecular weight excluding hydrogens is 415 g/mol. The molecule has 2 aromatic carbocycles. The third-order valence-electron chi connectivity index (χ3n) is 5.07. The lowest BCUT2D eigenvalue weighted by Crippen LogP contribution is -2.31. The zero-order valence-corrected chi connectivity index (χ0v) is 18.7. The lowest BCUT2D eigenvalue weighted by Gasteiger charge is -2.18. The molecule has 1 unspecified atom stereocenters. The van der Waals surface area contributed by atoms with Gasteiger partial charge in [-0.25, -0.2) is 4.39 Å². The monoisotopic (exact) mass is 444 g/mol. The molecule has 32 heavy (non-hydrogen) atoms. The van der Waals surface area contributed by atoms with Crippen LogP contribution in [0.1, 0.15) is 37.6 Å². The van der Waals surface area contributed by atoms with E-state index in [4.69, 9.17) is 14.2 Å². The van der Waals surface area contributed by atoms with Crippen LogP contribution in [-0.4, -0.2) is 44.7 Å². The van der Waals surface area contributed by atoms with Crippen LogP contribution >= 0.6 is 0 Å². The molecule has 0 bridgehead atoms. The largest absolute Gasteiger partial charge is 0.490 e. The van der Waals surface area contributed by atoms with Crippen LogP contribution in [0.15, 0.2) is 36.4 Å². The van der Waals surface area contributed by atoms with E-state index in [2.05, 4.69) is 5.32 Å². The van der Waals surface area contributed by atoms with Gasteiger partial charge in [-0.3, -0.25) is 9.59 Å². The molecule has 3 rings (SSSR count). The lowest BCUT2D eigenvalue weighted by atomic mass is 10.1. The second-order valence-electron chi connectivity index (χ2n) is 7.36. The van der Waals surface area contributed by atoms with Gasteiger partial charge in [-0.1, -0.05) is 0 Å². The Kier molecular flexibility index (Phi) is 7.92. The van der Waals surface area contributed by atoms with Crippen LogP contribution in [0, 0.1) is 11.7 Å². The van der Waals surface area contributed by atoms with Gasteiger partial charge in [-0.05, 0) is 57.2 Å². The van der Waals surface area contributed by atoms with Gasteiger partial charge in [0.1, 0.15) is 5.82 Å². The number of hydrogen-bond acceptors (Lipinski definition) is 5. The zero-order valence-electron chi connectivity index (χ0n) is 18.7. The van der Waals surface area contributed by atoms with E-state index < -0.39 is 0 Å². The van der Waals surface area contributed by atoms with Gasteiger partial charge >= 0.3 is 0 Å². The standard InChI is InChI=1S/C24H29FN2O5/c1-4-30-20-12-17(13-21(31-5-2)23(20)32-6-3)24(29)26-14-16-11-22(28)27(15-16)19-9-7-18(25)8-10-19/h7-10,12-13,16H,4-6,11,14-15H2,1-3H3,(H,26,29). The summed E-state index contributed by atoms with van der Waals surface area (Å²) in [4.78, 5) is 26.9. The van der Waals surface area contributed by atoms with Crippen LogP contribution in [0.4, 0.5) is 10.1 Å². The predicted octanol–water partition coefficient (Wildman–Crippen LogP) is 3.80. The fourth-order valence-electron chi connectivity index (χ4n) is 3.65. The normalized spacial score (nSPS) is 15.6. The number of anilines is 1. The molecule has 0 spiro atoms. The number of nitrogens with one attached hydrogen (secondary N) is 1. The van der Waals surface area contributed by atoms with E-state index in [-0.39, 0.29) is 23.5 Å². The molecule has 0 radical (unpaired) electrons. The predicted molar refractivity (Wildman–Crippen MR) is 119 cm³/mol. The number of nitrogens with zero attached hydrogens (tertiary/aromatic N) is 1. The summed E-state index contributed by atoms with van der Waals surface area (Å²) in [6, 6.07) is 9.09. The molecule has 1 fully saturated rings. The topological polar surface area (TPSA) is 77.1 Å². The number of ether oxygens (including phenoxy) is 3. The van der Waals surface area contributed by atoms with E-state index in [0.29, 0.717) is 67.8 Å². The molecule has 1 aliphatic rings. The van der Waals surface area contributed by atoms with Gasteiger partial charge in [0.2, 0.25) is 11.7 Å². The molecular formula is C24H29FN2O5. The smallest absolute Gasteiger partial charge is 0.251 e. The molecule has 172 valence electrons. The number of benzene rings is 2. The second-order valence-corrected chi connectivity index (χ2v) is 7.36. The Bertz CT molecular complexity index is 921. The summed E-state index contributed by atoms with van der Waals surface area (Å²) in [5.74, 6) is 0.642. The Labute approximate surface area is 187 Å². The molecule has 1 heterocycles. The maximum Gasteiger partial charge on any atom is 0.251 e. The van der Waals surface area contributed by atoms with E-state index >= 15 is 0 Å². The third kappa shape index (κ3) is 5.49. The maximum atomic E-state index is 13.2. The Morgan fingerprint density at radius 2 is 1.62 bits per heavy atom. The van der Waals surface area contributed by atoms with Gasteiger partial charge in [0, 0.05) is 36.7 Å². The highest BCUT2D eigenvalue weighted by Gasteiger charge is 2.31. The van der Waals surface area contributed by atoms with Crippen LogP contribution in [0.2, 0.25) is 0 Å². The summed E-state index contributed by atoms with van der Waals surface area (Å²) >= 11 is 0. The first-order valence-electron chi connectivity index (χ1n) is 10.9. The van der Waals surface area contributed by atoms with Gasteiger partial charge < -0.3 is 24.4 Å². The Balaban J connectivity index is 1.69. The quantitative estimate of drug-likeness (QED) is 0.603. The third-order valence-corrected chi connectivity index (χ3v) is 5.07. The van der Waals surface area contributed by atoms with Crippen molar-refractivity contribution in [3.8, 4) is 17.2 Å². The van der Waals surface area contributed by atoms with Gasteiger partial charge in [-0.2, -0.15) is 0 Å². The molecule has 1 aliphatic heterocycles. The van der Waals surface area contributed by atoms with Gasteiger partial charge in [0.25, 0.3) is 5.91 Å². The average molecular weight is 445 g/mol. The van der Waals surface area contributed by atoms with Crippen molar-refractivity contribution in [2.45, 2.75) is 27.2 Å². The minimum atomic E-state index is -0.350. The number of amides is 2. The van der Waals surface area contributed by atoms with Crippen molar-refractivity contribution in [3.63, 3.8) is 0 Å². The van der Waals surface area contributed by atoms with Crippen molar-refractivity contribution >= 4 is 17.5 Å². The summed E-state index contributed by atoms with van der Waals surface area (Å²) in [5.41, 5.74) is 1.04. The van der Waals surface area contributed by atoms with Gasteiger partial charge in [0.15, 0.2) is 11.5 Å². The summed E-state index contributed by atoms with van der Waals surface area (Å²) < 4.78 is 30.2. The summed E-state index contributed by atoms with van der Waals surface area (Å²) in [5, 5.41) is 2.90. The highest BCUT2D eigenvalue weighted by molar-refractivity contribution is 5.97. The molecule has 2 amide bonds. The van der Waals surface area contributed by atoms with E-state index in [1.807, 2.05) is 20.8 Å². The molecule has 0 aliphatic carbocycles. The van der Waals surface area contributed by atoms with Crippen molar-refractivity contribution in [3.05, 3.63) is 47.8 Å². The van der Waals surface area contributed by atoms with Gasteiger partial charge in [-0.15, -0.1) is 0 Å². The van der Waals surface area contributed by atoms with Crippen molar-refractivity contribution in [1.82, 2.24) is 5.32 Å². The Morgan fingerprint density at radius 3 is 2.19 bits per heavy atom. The molecule has 1 saturated heterocycles. The molecule has 7 nitrogen and oxygen atoms in total. The molecule has 2 aromatic rings. The first-order valence-corrected chi connectivity index (χ1v) is 10.9. The SMILES string of the molecule is CCOc1cc(C(=O)NCC2CC(=O)N(c3ccc(F)cc3)C2)cc(OCC)c1OCC. The van der Waals surface area contributed by atoms with Crippen molar-refractivity contribution in [2.75, 3.05) is 37.8 Å². The first kappa shape index (κ1) is 23.4. The lowest BCUT2D eigenvalue weighted by molar-refractivity contribution is -0.117. The zero-order chi connectivity index (χ0) is 23.1. The van der Waals surface area contributed by atoms with E-state index in [1.165, 1.54) is 12.1 Å². The first-order chi connectivity index (χ1) is 15.5. The van der Waals surface area contributed by atoms with Crippen LogP contribution < -0.4 is 24.4 Å². The van der Waals surface area contributed by atoms with Gasteiger partial charge in [0.05, 0.1) is 19.8 Å². The Morgan fingerprint density at radius 1 is 1.03 bits per heavy atom.